The van der Waals surface area contributed by atoms with Crippen LogP contribution in [0.1, 0.15) is 10.4 Å². The molecule has 1 N–H and O–H groups in total. The molecule has 0 saturated heterocycles. The molecule has 88 valence electrons. The predicted octanol–water partition coefficient (Wildman–Crippen LogP) is 2.63. The molecule has 2 aromatic rings. The van der Waals surface area contributed by atoms with Crippen molar-refractivity contribution in [2.75, 3.05) is 5.32 Å². The van der Waals surface area contributed by atoms with E-state index in [1.165, 1.54) is 12.1 Å². The van der Waals surface area contributed by atoms with Gasteiger partial charge in [0.05, 0.1) is 11.3 Å². The first-order valence-corrected chi connectivity index (χ1v) is 5.41. The molecule has 1 heterocycles. The summed E-state index contributed by atoms with van der Waals surface area (Å²) in [5.74, 6) is -1.58. The highest BCUT2D eigenvalue weighted by atomic mass is 19.1. The second-order valence-corrected chi connectivity index (χ2v) is 4.02. The Morgan fingerprint density at radius 3 is 2.50 bits per heavy atom. The van der Waals surface area contributed by atoms with Gasteiger partial charge in [0.15, 0.2) is 0 Å². The van der Waals surface area contributed by atoms with Gasteiger partial charge in [-0.15, -0.1) is 0 Å². The van der Waals surface area contributed by atoms with Crippen LogP contribution in [0.3, 0.4) is 0 Å². The summed E-state index contributed by atoms with van der Waals surface area (Å²) >= 11 is 0. The highest BCUT2D eigenvalue weighted by Gasteiger charge is 2.28. The molecule has 0 atom stereocenters. The van der Waals surface area contributed by atoms with E-state index in [-0.39, 0.29) is 5.82 Å². The van der Waals surface area contributed by atoms with Crippen LogP contribution in [0.15, 0.2) is 42.5 Å². The number of amides is 1. The van der Waals surface area contributed by atoms with Crippen molar-refractivity contribution in [1.29, 1.82) is 0 Å². The zero-order valence-corrected chi connectivity index (χ0v) is 9.24. The normalized spacial score (nSPS) is 13.4. The summed E-state index contributed by atoms with van der Waals surface area (Å²) in [7, 11) is 0. The first kappa shape index (κ1) is 10.7. The van der Waals surface area contributed by atoms with Crippen LogP contribution in [0.25, 0.3) is 11.1 Å². The van der Waals surface area contributed by atoms with Crippen molar-refractivity contribution in [1.82, 2.24) is 0 Å². The molecule has 1 aliphatic heterocycles. The summed E-state index contributed by atoms with van der Waals surface area (Å²) in [6.07, 6.45) is 0. The van der Waals surface area contributed by atoms with Gasteiger partial charge in [0.2, 0.25) is 0 Å². The van der Waals surface area contributed by atoms with E-state index in [9.17, 15) is 14.0 Å². The van der Waals surface area contributed by atoms with Crippen molar-refractivity contribution in [3.8, 4) is 11.1 Å². The highest BCUT2D eigenvalue weighted by Crippen LogP contribution is 2.30. The van der Waals surface area contributed by atoms with Crippen LogP contribution in [-0.4, -0.2) is 11.7 Å². The number of hydrogen-bond acceptors (Lipinski definition) is 2. The van der Waals surface area contributed by atoms with E-state index in [4.69, 9.17) is 0 Å². The van der Waals surface area contributed by atoms with Gasteiger partial charge in [-0.2, -0.15) is 0 Å². The second-order valence-electron chi connectivity index (χ2n) is 4.02. The lowest BCUT2D eigenvalue weighted by atomic mass is 10.0. The maximum absolute atomic E-state index is 13.6. The standard InChI is InChI=1S/C14H8FNO2/c15-11-4-2-1-3-9(11)8-5-6-12-10(7-8)13(17)14(18)16-12/h1-7H,(H,16,17,18). The van der Waals surface area contributed by atoms with Crippen molar-refractivity contribution in [2.24, 2.45) is 0 Å². The van der Waals surface area contributed by atoms with E-state index in [0.29, 0.717) is 22.4 Å². The van der Waals surface area contributed by atoms with Crippen LogP contribution in [0.4, 0.5) is 10.1 Å². The third-order valence-corrected chi connectivity index (χ3v) is 2.90. The molecule has 1 aliphatic rings. The van der Waals surface area contributed by atoms with Crippen LogP contribution < -0.4 is 5.32 Å². The molecule has 0 radical (unpaired) electrons. The van der Waals surface area contributed by atoms with Gasteiger partial charge in [-0.1, -0.05) is 24.3 Å². The predicted molar refractivity (Wildman–Crippen MR) is 64.8 cm³/mol. The van der Waals surface area contributed by atoms with Crippen LogP contribution >= 0.6 is 0 Å². The minimum Gasteiger partial charge on any atom is -0.318 e. The van der Waals surface area contributed by atoms with Crippen molar-refractivity contribution >= 4 is 17.4 Å². The van der Waals surface area contributed by atoms with E-state index in [0.717, 1.165) is 0 Å². The number of rotatable bonds is 1. The number of carbonyl (C=O) groups is 2. The fourth-order valence-corrected chi connectivity index (χ4v) is 2.01. The van der Waals surface area contributed by atoms with E-state index in [2.05, 4.69) is 5.32 Å². The molecule has 0 aromatic heterocycles. The second kappa shape index (κ2) is 3.77. The topological polar surface area (TPSA) is 46.2 Å². The van der Waals surface area contributed by atoms with Crippen molar-refractivity contribution < 1.29 is 14.0 Å². The van der Waals surface area contributed by atoms with Gasteiger partial charge in [-0.3, -0.25) is 9.59 Å². The number of nitrogens with one attached hydrogen (secondary N) is 1. The number of benzene rings is 2. The number of Topliss-reactive ketones (excluding diaryl/α,β-unsaturated/α-hetero) is 1. The monoisotopic (exact) mass is 241 g/mol. The minimum atomic E-state index is -0.643. The summed E-state index contributed by atoms with van der Waals surface area (Å²) in [5.41, 5.74) is 1.76. The lowest BCUT2D eigenvalue weighted by molar-refractivity contribution is -0.112. The van der Waals surface area contributed by atoms with E-state index in [1.54, 1.807) is 30.3 Å². The largest absolute Gasteiger partial charge is 0.318 e. The summed E-state index contributed by atoms with van der Waals surface area (Å²) in [4.78, 5) is 22.8. The quantitative estimate of drug-likeness (QED) is 0.780. The third kappa shape index (κ3) is 1.50. The number of halogens is 1. The van der Waals surface area contributed by atoms with Gasteiger partial charge < -0.3 is 5.32 Å². The maximum atomic E-state index is 13.6. The molecule has 18 heavy (non-hydrogen) atoms. The summed E-state index contributed by atoms with van der Waals surface area (Å²) < 4.78 is 13.6. The molecule has 0 spiro atoms. The molecule has 0 aliphatic carbocycles. The number of fused-ring (bicyclic) bond motifs is 1. The zero-order valence-electron chi connectivity index (χ0n) is 9.24. The Bertz CT molecular complexity index is 679. The number of hydrogen-bond donors (Lipinski definition) is 1. The van der Waals surface area contributed by atoms with Crippen molar-refractivity contribution in [2.45, 2.75) is 0 Å². The van der Waals surface area contributed by atoms with Crippen molar-refractivity contribution in [3.05, 3.63) is 53.8 Å². The minimum absolute atomic E-state index is 0.292. The first-order chi connectivity index (χ1) is 8.66. The fraction of sp³-hybridized carbons (Fsp3) is 0. The first-order valence-electron chi connectivity index (χ1n) is 5.41. The van der Waals surface area contributed by atoms with Gasteiger partial charge in [0.1, 0.15) is 5.82 Å². The molecule has 0 unspecified atom stereocenters. The molecule has 0 saturated carbocycles. The van der Waals surface area contributed by atoms with Gasteiger partial charge in [-0.05, 0) is 23.8 Å². The molecular weight excluding hydrogens is 233 g/mol. The average molecular weight is 241 g/mol. The van der Waals surface area contributed by atoms with Crippen LogP contribution in [0.2, 0.25) is 0 Å². The Balaban J connectivity index is 2.15. The Morgan fingerprint density at radius 1 is 0.944 bits per heavy atom. The Kier molecular flexibility index (Phi) is 2.23. The lowest BCUT2D eigenvalue weighted by Gasteiger charge is -2.04. The van der Waals surface area contributed by atoms with Gasteiger partial charge in [0, 0.05) is 5.56 Å². The Labute approximate surface area is 102 Å². The average Bonchev–Trinajstić information content (AvgIpc) is 2.66. The molecule has 0 bridgehead atoms. The van der Waals surface area contributed by atoms with Gasteiger partial charge in [0.25, 0.3) is 11.7 Å². The molecule has 1 amide bonds. The van der Waals surface area contributed by atoms with Crippen LogP contribution in [0.5, 0.6) is 0 Å². The van der Waals surface area contributed by atoms with Crippen LogP contribution in [-0.2, 0) is 4.79 Å². The molecule has 4 heteroatoms. The van der Waals surface area contributed by atoms with E-state index in [1.807, 2.05) is 0 Å². The molecule has 3 nitrogen and oxygen atoms in total. The molecule has 3 rings (SSSR count). The number of ketones is 1. The Morgan fingerprint density at radius 2 is 1.72 bits per heavy atom. The van der Waals surface area contributed by atoms with Gasteiger partial charge in [-0.25, -0.2) is 4.39 Å². The number of anilines is 1. The fourth-order valence-electron chi connectivity index (χ4n) is 2.01. The number of carbonyl (C=O) groups excluding carboxylic acids is 2. The van der Waals surface area contributed by atoms with Crippen LogP contribution in [0, 0.1) is 5.82 Å². The van der Waals surface area contributed by atoms with E-state index >= 15 is 0 Å². The van der Waals surface area contributed by atoms with Crippen molar-refractivity contribution in [3.63, 3.8) is 0 Å². The zero-order chi connectivity index (χ0) is 12.7. The summed E-state index contributed by atoms with van der Waals surface area (Å²) in [5, 5.41) is 2.46. The molecular formula is C14H8FNO2. The highest BCUT2D eigenvalue weighted by molar-refractivity contribution is 6.51. The third-order valence-electron chi connectivity index (χ3n) is 2.90. The maximum Gasteiger partial charge on any atom is 0.296 e. The summed E-state index contributed by atoms with van der Waals surface area (Å²) in [6, 6.07) is 11.1. The van der Waals surface area contributed by atoms with E-state index < -0.39 is 11.7 Å². The summed E-state index contributed by atoms with van der Waals surface area (Å²) in [6.45, 7) is 0. The Hall–Kier alpha value is -2.49. The SMILES string of the molecule is O=C1Nc2ccc(-c3ccccc3F)cc2C1=O. The molecule has 2 aromatic carbocycles. The van der Waals surface area contributed by atoms with Gasteiger partial charge >= 0.3 is 0 Å². The molecule has 0 fully saturated rings. The smallest absolute Gasteiger partial charge is 0.296 e. The lowest BCUT2D eigenvalue weighted by Crippen LogP contribution is -2.12.